The Labute approximate surface area is 205 Å². The average Bonchev–Trinajstić information content (AvgIpc) is 3.32. The van der Waals surface area contributed by atoms with Crippen LogP contribution in [0.1, 0.15) is 12.8 Å². The Morgan fingerprint density at radius 3 is 2.47 bits per heavy atom. The van der Waals surface area contributed by atoms with E-state index < -0.39 is 5.79 Å². The summed E-state index contributed by atoms with van der Waals surface area (Å²) >= 11 is 3.66. The molecule has 0 saturated carbocycles. The van der Waals surface area contributed by atoms with Crippen molar-refractivity contribution in [3.8, 4) is 22.4 Å². The second-order valence-electron chi connectivity index (χ2n) is 8.49. The van der Waals surface area contributed by atoms with Crippen LogP contribution in [0.5, 0.6) is 0 Å². The van der Waals surface area contributed by atoms with Crippen molar-refractivity contribution in [1.29, 1.82) is 0 Å². The van der Waals surface area contributed by atoms with Crippen molar-refractivity contribution in [2.45, 2.75) is 18.6 Å². The lowest BCUT2D eigenvalue weighted by Gasteiger charge is -2.38. The summed E-state index contributed by atoms with van der Waals surface area (Å²) in [5.74, 6) is 0.952. The highest BCUT2D eigenvalue weighted by Gasteiger charge is 2.40. The quantitative estimate of drug-likeness (QED) is 0.424. The summed E-state index contributed by atoms with van der Waals surface area (Å²) in [4.78, 5) is 20.4. The van der Waals surface area contributed by atoms with Crippen LogP contribution in [-0.4, -0.2) is 52.0 Å². The second kappa shape index (κ2) is 8.57. The molecule has 172 valence electrons. The van der Waals surface area contributed by atoms with Gasteiger partial charge in [-0.15, -0.1) is 0 Å². The van der Waals surface area contributed by atoms with Gasteiger partial charge in [0.2, 0.25) is 0 Å². The Bertz CT molecular complexity index is 1350. The number of hydrogen-bond acceptors (Lipinski definition) is 8. The predicted octanol–water partition coefficient (Wildman–Crippen LogP) is 4.44. The van der Waals surface area contributed by atoms with Gasteiger partial charge in [0.05, 0.1) is 24.3 Å². The molecule has 5 heterocycles. The van der Waals surface area contributed by atoms with E-state index in [1.807, 2.05) is 42.6 Å². The molecule has 2 saturated heterocycles. The van der Waals surface area contributed by atoms with Crippen molar-refractivity contribution in [2.24, 2.45) is 0 Å². The largest absolute Gasteiger partial charge is 0.383 e. The lowest BCUT2D eigenvalue weighted by Crippen LogP contribution is -2.45. The van der Waals surface area contributed by atoms with Gasteiger partial charge >= 0.3 is 0 Å². The van der Waals surface area contributed by atoms with Gasteiger partial charge in [0, 0.05) is 42.2 Å². The molecule has 0 radical (unpaired) electrons. The number of anilines is 2. The van der Waals surface area contributed by atoms with E-state index >= 15 is 0 Å². The summed E-state index contributed by atoms with van der Waals surface area (Å²) in [6.07, 6.45) is 5.00. The summed E-state index contributed by atoms with van der Waals surface area (Å²) in [7, 11) is 0. The van der Waals surface area contributed by atoms with Gasteiger partial charge < -0.3 is 20.1 Å². The highest BCUT2D eigenvalue weighted by Crippen LogP contribution is 2.37. The van der Waals surface area contributed by atoms with Crippen molar-refractivity contribution in [1.82, 2.24) is 19.9 Å². The fourth-order valence-corrected chi connectivity index (χ4v) is 5.21. The zero-order chi connectivity index (χ0) is 23.1. The third-order valence-electron chi connectivity index (χ3n) is 6.50. The summed E-state index contributed by atoms with van der Waals surface area (Å²) in [6.45, 7) is 3.07. The first-order chi connectivity index (χ1) is 16.6. The molecule has 2 aliphatic rings. The topological polar surface area (TPSA) is 99.3 Å². The highest BCUT2D eigenvalue weighted by atomic mass is 79.9. The van der Waals surface area contributed by atoms with Gasteiger partial charge in [0.15, 0.2) is 11.4 Å². The number of nitrogen functional groups attached to an aromatic ring is 1. The van der Waals surface area contributed by atoms with Crippen molar-refractivity contribution in [2.75, 3.05) is 36.9 Å². The van der Waals surface area contributed by atoms with Crippen LogP contribution in [0.2, 0.25) is 0 Å². The number of pyridine rings is 2. The summed E-state index contributed by atoms with van der Waals surface area (Å²) in [5, 5.41) is 0.737. The molecule has 2 aliphatic heterocycles. The highest BCUT2D eigenvalue weighted by molar-refractivity contribution is 9.10. The van der Waals surface area contributed by atoms with Gasteiger partial charge in [0.25, 0.3) is 0 Å². The molecule has 6 rings (SSSR count). The van der Waals surface area contributed by atoms with Crippen LogP contribution in [0.3, 0.4) is 0 Å². The number of nitrogens with zero attached hydrogens (tertiary/aromatic N) is 5. The number of benzene rings is 1. The Hall–Kier alpha value is -3.14. The first kappa shape index (κ1) is 21.4. The van der Waals surface area contributed by atoms with Crippen LogP contribution in [0.4, 0.5) is 11.6 Å². The zero-order valence-corrected chi connectivity index (χ0v) is 20.0. The van der Waals surface area contributed by atoms with E-state index in [-0.39, 0.29) is 0 Å². The fourth-order valence-electron chi connectivity index (χ4n) is 4.71. The first-order valence-corrected chi connectivity index (χ1v) is 12.1. The molecule has 34 heavy (non-hydrogen) atoms. The first-order valence-electron chi connectivity index (χ1n) is 11.3. The average molecular weight is 519 g/mol. The fraction of sp³-hybridized carbons (Fsp3) is 0.280. The van der Waals surface area contributed by atoms with E-state index in [1.54, 1.807) is 0 Å². The molecular weight excluding hydrogens is 496 g/mol. The molecule has 2 N–H and O–H groups in total. The van der Waals surface area contributed by atoms with Gasteiger partial charge in [0.1, 0.15) is 18.0 Å². The third kappa shape index (κ3) is 3.79. The number of halogens is 1. The van der Waals surface area contributed by atoms with Crippen molar-refractivity contribution < 1.29 is 9.47 Å². The molecule has 0 unspecified atom stereocenters. The van der Waals surface area contributed by atoms with Crippen LogP contribution in [0, 0.1) is 0 Å². The van der Waals surface area contributed by atoms with E-state index in [0.717, 1.165) is 64.0 Å². The molecule has 0 atom stereocenters. The number of piperidine rings is 1. The summed E-state index contributed by atoms with van der Waals surface area (Å²) < 4.78 is 12.6. The van der Waals surface area contributed by atoms with Crippen LogP contribution >= 0.6 is 15.9 Å². The molecule has 2 fully saturated rings. The van der Waals surface area contributed by atoms with Gasteiger partial charge in [-0.1, -0.05) is 34.1 Å². The molecular formula is C25H23BrN6O2. The molecule has 0 aliphatic carbocycles. The Morgan fingerprint density at radius 2 is 1.74 bits per heavy atom. The van der Waals surface area contributed by atoms with Crippen LogP contribution < -0.4 is 10.6 Å². The standard InChI is InChI=1S/C25H23BrN6O2/c26-19-4-2-1-3-17(19)18-13-20(31-24-22(18)23(27)29-15-30-24)16-5-6-21(28-14-16)32-9-7-25(8-10-32)33-11-12-34-25/h1-6,13-15H,7-12H2,(H2,27,29,30,31). The number of ether oxygens (including phenoxy) is 2. The van der Waals surface area contributed by atoms with Crippen LogP contribution in [0.25, 0.3) is 33.4 Å². The Kier molecular flexibility index (Phi) is 5.40. The Balaban J connectivity index is 1.34. The number of aromatic nitrogens is 4. The Morgan fingerprint density at radius 1 is 0.941 bits per heavy atom. The smallest absolute Gasteiger partial charge is 0.171 e. The molecule has 4 aromatic rings. The number of nitrogens with two attached hydrogens (primary N) is 1. The molecule has 9 heteroatoms. The van der Waals surface area contributed by atoms with E-state index in [1.165, 1.54) is 6.33 Å². The maximum Gasteiger partial charge on any atom is 0.171 e. The van der Waals surface area contributed by atoms with E-state index in [2.05, 4.69) is 36.9 Å². The monoisotopic (exact) mass is 518 g/mol. The van der Waals surface area contributed by atoms with E-state index in [4.69, 9.17) is 25.2 Å². The second-order valence-corrected chi connectivity index (χ2v) is 9.35. The SMILES string of the molecule is Nc1ncnc2nc(-c3ccc(N4CCC5(CC4)OCCO5)nc3)cc(-c3ccccc3Br)c12. The van der Waals surface area contributed by atoms with Crippen LogP contribution in [0.15, 0.2) is 59.5 Å². The lowest BCUT2D eigenvalue weighted by molar-refractivity contribution is -0.169. The van der Waals surface area contributed by atoms with E-state index in [0.29, 0.717) is 24.7 Å². The van der Waals surface area contributed by atoms with Crippen molar-refractivity contribution in [3.63, 3.8) is 0 Å². The molecule has 0 bridgehead atoms. The third-order valence-corrected chi connectivity index (χ3v) is 7.20. The minimum atomic E-state index is -0.392. The molecule has 1 aromatic carbocycles. The lowest BCUT2D eigenvalue weighted by atomic mass is 10.00. The van der Waals surface area contributed by atoms with Crippen molar-refractivity contribution >= 4 is 38.6 Å². The van der Waals surface area contributed by atoms with Gasteiger partial charge in [-0.25, -0.2) is 19.9 Å². The maximum atomic E-state index is 6.24. The predicted molar refractivity (Wildman–Crippen MR) is 134 cm³/mol. The summed E-state index contributed by atoms with van der Waals surface area (Å²) in [6, 6.07) is 14.1. The number of fused-ring (bicyclic) bond motifs is 1. The molecule has 8 nitrogen and oxygen atoms in total. The minimum absolute atomic E-state index is 0.392. The summed E-state index contributed by atoms with van der Waals surface area (Å²) in [5.41, 5.74) is 10.4. The van der Waals surface area contributed by atoms with E-state index in [9.17, 15) is 0 Å². The maximum absolute atomic E-state index is 6.24. The van der Waals surface area contributed by atoms with Crippen LogP contribution in [-0.2, 0) is 9.47 Å². The number of hydrogen-bond donors (Lipinski definition) is 1. The minimum Gasteiger partial charge on any atom is -0.383 e. The van der Waals surface area contributed by atoms with Gasteiger partial charge in [-0.05, 0) is 35.4 Å². The molecule has 0 amide bonds. The van der Waals surface area contributed by atoms with Gasteiger partial charge in [-0.2, -0.15) is 0 Å². The molecule has 3 aromatic heterocycles. The zero-order valence-electron chi connectivity index (χ0n) is 18.4. The molecule has 1 spiro atoms. The van der Waals surface area contributed by atoms with Gasteiger partial charge in [-0.3, -0.25) is 0 Å². The van der Waals surface area contributed by atoms with Crippen molar-refractivity contribution in [3.05, 3.63) is 59.5 Å². The normalized spacial score (nSPS) is 17.5. The number of rotatable bonds is 3.